The van der Waals surface area contributed by atoms with Gasteiger partial charge < -0.3 is 15.4 Å². The number of nitrogens with zero attached hydrogens (tertiary/aromatic N) is 2. The Morgan fingerprint density at radius 2 is 2.11 bits per heavy atom. The number of rotatable bonds is 5. The predicted molar refractivity (Wildman–Crippen MR) is 71.7 cm³/mol. The van der Waals surface area contributed by atoms with Crippen LogP contribution in [0.4, 0.5) is 0 Å². The van der Waals surface area contributed by atoms with Crippen molar-refractivity contribution in [2.24, 2.45) is 5.73 Å². The number of aliphatic hydroxyl groups is 1. The summed E-state index contributed by atoms with van der Waals surface area (Å²) < 4.78 is 5.04. The minimum absolute atomic E-state index is 0.240. The Morgan fingerprint density at radius 1 is 1.32 bits per heavy atom. The van der Waals surface area contributed by atoms with Gasteiger partial charge in [-0.2, -0.15) is 4.98 Å². The van der Waals surface area contributed by atoms with Gasteiger partial charge in [0.1, 0.15) is 6.10 Å². The second-order valence-corrected chi connectivity index (χ2v) is 4.74. The molecule has 0 aliphatic carbocycles. The molecule has 3 N–H and O–H groups in total. The fraction of sp³-hybridized carbons (Fsp3) is 0.429. The average Bonchev–Trinajstić information content (AvgIpc) is 2.83. The van der Waals surface area contributed by atoms with Crippen molar-refractivity contribution in [1.29, 1.82) is 0 Å². The second kappa shape index (κ2) is 5.95. The summed E-state index contributed by atoms with van der Waals surface area (Å²) in [4.78, 5) is 4.19. The van der Waals surface area contributed by atoms with Crippen LogP contribution in [0.5, 0.6) is 0 Å². The van der Waals surface area contributed by atoms with E-state index in [1.165, 1.54) is 11.1 Å². The third kappa shape index (κ3) is 3.39. The highest BCUT2D eigenvalue weighted by Gasteiger charge is 2.15. The summed E-state index contributed by atoms with van der Waals surface area (Å²) >= 11 is 0. The lowest BCUT2D eigenvalue weighted by Crippen LogP contribution is -2.07. The van der Waals surface area contributed by atoms with E-state index in [1.807, 2.05) is 0 Å². The van der Waals surface area contributed by atoms with E-state index in [-0.39, 0.29) is 5.89 Å². The molecule has 102 valence electrons. The maximum absolute atomic E-state index is 9.70. The molecule has 0 saturated heterocycles. The Hall–Kier alpha value is -1.72. The van der Waals surface area contributed by atoms with Crippen molar-refractivity contribution in [3.63, 3.8) is 0 Å². The third-order valence-corrected chi connectivity index (χ3v) is 3.14. The zero-order valence-corrected chi connectivity index (χ0v) is 11.3. The molecule has 1 aromatic carbocycles. The number of benzene rings is 1. The molecule has 1 aromatic heterocycles. The van der Waals surface area contributed by atoms with Gasteiger partial charge in [-0.3, -0.25) is 0 Å². The van der Waals surface area contributed by atoms with Crippen LogP contribution in [0.3, 0.4) is 0 Å². The summed E-state index contributed by atoms with van der Waals surface area (Å²) in [6.45, 7) is 4.54. The van der Waals surface area contributed by atoms with Crippen LogP contribution in [0.1, 0.15) is 40.9 Å². The summed E-state index contributed by atoms with van der Waals surface area (Å²) in [5.41, 5.74) is 9.01. The Bertz CT molecular complexity index is 551. The topological polar surface area (TPSA) is 85.2 Å². The molecule has 0 amide bonds. The van der Waals surface area contributed by atoms with Crippen LogP contribution in [-0.4, -0.2) is 21.8 Å². The highest BCUT2D eigenvalue weighted by Crippen LogP contribution is 2.16. The van der Waals surface area contributed by atoms with E-state index in [4.69, 9.17) is 10.3 Å². The van der Waals surface area contributed by atoms with Gasteiger partial charge in [0, 0.05) is 6.42 Å². The monoisotopic (exact) mass is 261 g/mol. The first-order chi connectivity index (χ1) is 9.10. The fourth-order valence-corrected chi connectivity index (χ4v) is 1.85. The summed E-state index contributed by atoms with van der Waals surface area (Å²) in [5, 5.41) is 13.6. The van der Waals surface area contributed by atoms with E-state index in [0.717, 1.165) is 5.56 Å². The molecule has 5 nitrogen and oxygen atoms in total. The molecule has 0 aliphatic rings. The van der Waals surface area contributed by atoms with Gasteiger partial charge >= 0.3 is 0 Å². The molecule has 19 heavy (non-hydrogen) atoms. The SMILES string of the molecule is Cc1ccc(Cc2noc([C@@H](O)CCN)n2)cc1C. The van der Waals surface area contributed by atoms with Gasteiger partial charge in [0.25, 0.3) is 5.89 Å². The molecule has 1 heterocycles. The largest absolute Gasteiger partial charge is 0.383 e. The fourth-order valence-electron chi connectivity index (χ4n) is 1.85. The van der Waals surface area contributed by atoms with E-state index in [1.54, 1.807) is 0 Å². The number of aliphatic hydroxyl groups excluding tert-OH is 1. The zero-order valence-electron chi connectivity index (χ0n) is 11.3. The highest BCUT2D eigenvalue weighted by molar-refractivity contribution is 5.31. The zero-order chi connectivity index (χ0) is 13.8. The van der Waals surface area contributed by atoms with Crippen molar-refractivity contribution in [2.45, 2.75) is 32.8 Å². The standard InChI is InChI=1S/C14H19N3O2/c1-9-3-4-11(7-10(9)2)8-13-16-14(19-17-13)12(18)5-6-15/h3-4,7,12,18H,5-6,8,15H2,1-2H3/t12-/m0/s1. The molecule has 5 heteroatoms. The third-order valence-electron chi connectivity index (χ3n) is 3.14. The van der Waals surface area contributed by atoms with Crippen molar-refractivity contribution in [2.75, 3.05) is 6.54 Å². The molecule has 2 rings (SSSR count). The van der Waals surface area contributed by atoms with E-state index in [2.05, 4.69) is 42.2 Å². The Balaban J connectivity index is 2.09. The first kappa shape index (κ1) is 13.7. The van der Waals surface area contributed by atoms with Crippen LogP contribution >= 0.6 is 0 Å². The molecule has 0 fully saturated rings. The van der Waals surface area contributed by atoms with E-state index >= 15 is 0 Å². The summed E-state index contributed by atoms with van der Waals surface area (Å²) in [6.07, 6.45) is 0.247. The van der Waals surface area contributed by atoms with Gasteiger partial charge in [-0.1, -0.05) is 23.4 Å². The maximum Gasteiger partial charge on any atom is 0.255 e. The number of aromatic nitrogens is 2. The number of hydrogen-bond donors (Lipinski definition) is 2. The molecule has 0 aliphatic heterocycles. The molecular weight excluding hydrogens is 242 g/mol. The van der Waals surface area contributed by atoms with E-state index in [0.29, 0.717) is 25.2 Å². The lowest BCUT2D eigenvalue weighted by Gasteiger charge is -2.03. The maximum atomic E-state index is 9.70. The molecule has 0 radical (unpaired) electrons. The summed E-state index contributed by atoms with van der Waals surface area (Å²) in [7, 11) is 0. The predicted octanol–water partition coefficient (Wildman–Crippen LogP) is 1.66. The summed E-state index contributed by atoms with van der Waals surface area (Å²) in [6, 6.07) is 6.24. The van der Waals surface area contributed by atoms with Crippen molar-refractivity contribution in [3.05, 3.63) is 46.6 Å². The lowest BCUT2D eigenvalue weighted by atomic mass is 10.0. The quantitative estimate of drug-likeness (QED) is 0.855. The Labute approximate surface area is 112 Å². The minimum atomic E-state index is -0.772. The van der Waals surface area contributed by atoms with Crippen LogP contribution in [0.15, 0.2) is 22.7 Å². The number of aryl methyl sites for hydroxylation is 2. The van der Waals surface area contributed by atoms with Gasteiger partial charge in [-0.25, -0.2) is 0 Å². The number of hydrogen-bond acceptors (Lipinski definition) is 5. The minimum Gasteiger partial charge on any atom is -0.383 e. The Morgan fingerprint density at radius 3 is 2.79 bits per heavy atom. The highest BCUT2D eigenvalue weighted by atomic mass is 16.5. The molecule has 2 aromatic rings. The molecule has 0 unspecified atom stereocenters. The van der Waals surface area contributed by atoms with Gasteiger partial charge in [0.2, 0.25) is 0 Å². The van der Waals surface area contributed by atoms with Crippen LogP contribution in [-0.2, 0) is 6.42 Å². The van der Waals surface area contributed by atoms with Crippen LogP contribution in [0.25, 0.3) is 0 Å². The van der Waals surface area contributed by atoms with Crippen molar-refractivity contribution in [1.82, 2.24) is 10.1 Å². The van der Waals surface area contributed by atoms with Gasteiger partial charge in [0.05, 0.1) is 0 Å². The molecule has 0 spiro atoms. The average molecular weight is 261 g/mol. The Kier molecular flexibility index (Phi) is 4.29. The second-order valence-electron chi connectivity index (χ2n) is 4.74. The first-order valence-electron chi connectivity index (χ1n) is 6.37. The molecule has 0 bridgehead atoms. The van der Waals surface area contributed by atoms with Gasteiger partial charge in [0.15, 0.2) is 5.82 Å². The van der Waals surface area contributed by atoms with Crippen LogP contribution < -0.4 is 5.73 Å². The van der Waals surface area contributed by atoms with Crippen LogP contribution in [0, 0.1) is 13.8 Å². The molecule has 0 saturated carbocycles. The van der Waals surface area contributed by atoms with Crippen molar-refractivity contribution >= 4 is 0 Å². The molecule has 1 atom stereocenters. The summed E-state index contributed by atoms with van der Waals surface area (Å²) in [5.74, 6) is 0.818. The van der Waals surface area contributed by atoms with Crippen LogP contribution in [0.2, 0.25) is 0 Å². The normalized spacial score (nSPS) is 12.6. The number of nitrogens with two attached hydrogens (primary N) is 1. The van der Waals surface area contributed by atoms with Crippen molar-refractivity contribution < 1.29 is 9.63 Å². The van der Waals surface area contributed by atoms with E-state index in [9.17, 15) is 5.11 Å². The smallest absolute Gasteiger partial charge is 0.255 e. The molecular formula is C14H19N3O2. The van der Waals surface area contributed by atoms with Gasteiger partial charge in [-0.05, 0) is 43.5 Å². The lowest BCUT2D eigenvalue weighted by molar-refractivity contribution is 0.127. The van der Waals surface area contributed by atoms with E-state index < -0.39 is 6.10 Å². The van der Waals surface area contributed by atoms with Crippen molar-refractivity contribution in [3.8, 4) is 0 Å². The first-order valence-corrected chi connectivity index (χ1v) is 6.37. The van der Waals surface area contributed by atoms with Gasteiger partial charge in [-0.15, -0.1) is 0 Å².